The number of hydrogen-bond donors (Lipinski definition) is 2. The lowest BCUT2D eigenvalue weighted by Gasteiger charge is -2.18. The van der Waals surface area contributed by atoms with E-state index in [9.17, 15) is 5.11 Å². The van der Waals surface area contributed by atoms with E-state index < -0.39 is 5.60 Å². The molecule has 2 rings (SSSR count). The maximum atomic E-state index is 9.65. The van der Waals surface area contributed by atoms with Crippen LogP contribution in [0, 0.1) is 0 Å². The third-order valence-electron chi connectivity index (χ3n) is 2.72. The van der Waals surface area contributed by atoms with Crippen molar-refractivity contribution < 1.29 is 5.11 Å². The molecule has 18 heavy (non-hydrogen) atoms. The van der Waals surface area contributed by atoms with Gasteiger partial charge < -0.3 is 10.4 Å². The van der Waals surface area contributed by atoms with Crippen molar-refractivity contribution in [1.82, 2.24) is 0 Å². The first-order valence-electron chi connectivity index (χ1n) is 6.16. The smallest absolute Gasteiger partial charge is 0.0763 e. The van der Waals surface area contributed by atoms with Gasteiger partial charge in [-0.1, -0.05) is 42.5 Å². The fraction of sp³-hybridized carbons (Fsp3) is 0.250. The average Bonchev–Trinajstić information content (AvgIpc) is 2.37. The lowest BCUT2D eigenvalue weighted by molar-refractivity contribution is 0.0945. The van der Waals surface area contributed by atoms with Gasteiger partial charge in [0.1, 0.15) is 0 Å². The van der Waals surface area contributed by atoms with Crippen molar-refractivity contribution in [3.8, 4) is 11.1 Å². The molecule has 0 saturated carbocycles. The average molecular weight is 241 g/mol. The summed E-state index contributed by atoms with van der Waals surface area (Å²) in [4.78, 5) is 0. The van der Waals surface area contributed by atoms with Crippen LogP contribution in [0.15, 0.2) is 54.6 Å². The molecule has 0 bridgehead atoms. The molecule has 2 aromatic carbocycles. The minimum atomic E-state index is -0.696. The molecule has 2 N–H and O–H groups in total. The first-order valence-corrected chi connectivity index (χ1v) is 6.16. The highest BCUT2D eigenvalue weighted by atomic mass is 16.3. The molecule has 0 aliphatic heterocycles. The molecule has 0 radical (unpaired) electrons. The minimum Gasteiger partial charge on any atom is -0.389 e. The predicted molar refractivity (Wildman–Crippen MR) is 76.7 cm³/mol. The maximum absolute atomic E-state index is 9.65. The van der Waals surface area contributed by atoms with Crippen molar-refractivity contribution in [3.05, 3.63) is 54.6 Å². The molecule has 2 aromatic rings. The fourth-order valence-electron chi connectivity index (χ4n) is 1.73. The van der Waals surface area contributed by atoms with Gasteiger partial charge in [-0.2, -0.15) is 0 Å². The highest BCUT2D eigenvalue weighted by molar-refractivity contribution is 5.65. The van der Waals surface area contributed by atoms with Crippen LogP contribution in [0.25, 0.3) is 11.1 Å². The van der Waals surface area contributed by atoms with Gasteiger partial charge in [0.25, 0.3) is 0 Å². The van der Waals surface area contributed by atoms with Crippen molar-refractivity contribution in [3.63, 3.8) is 0 Å². The molecule has 0 fully saturated rings. The van der Waals surface area contributed by atoms with Crippen LogP contribution in [-0.2, 0) is 0 Å². The standard InChI is InChI=1S/C16H19NO/c1-16(2,18)12-17-15-10-8-14(9-11-15)13-6-4-3-5-7-13/h3-11,17-18H,12H2,1-2H3. The zero-order valence-corrected chi connectivity index (χ0v) is 10.9. The molecule has 0 aromatic heterocycles. The van der Waals surface area contributed by atoms with Crippen molar-refractivity contribution in [2.24, 2.45) is 0 Å². The first-order chi connectivity index (χ1) is 8.54. The van der Waals surface area contributed by atoms with Gasteiger partial charge in [-0.3, -0.25) is 0 Å². The van der Waals surface area contributed by atoms with Crippen molar-refractivity contribution in [1.29, 1.82) is 0 Å². The zero-order valence-electron chi connectivity index (χ0n) is 10.9. The van der Waals surface area contributed by atoms with Crippen LogP contribution in [-0.4, -0.2) is 17.3 Å². The summed E-state index contributed by atoms with van der Waals surface area (Å²) in [5, 5.41) is 12.9. The third kappa shape index (κ3) is 3.60. The van der Waals surface area contributed by atoms with Crippen LogP contribution in [0.4, 0.5) is 5.69 Å². The predicted octanol–water partition coefficient (Wildman–Crippen LogP) is 3.54. The Morgan fingerprint density at radius 2 is 1.44 bits per heavy atom. The van der Waals surface area contributed by atoms with Gasteiger partial charge in [-0.25, -0.2) is 0 Å². The van der Waals surface area contributed by atoms with Gasteiger partial charge in [0, 0.05) is 12.2 Å². The Kier molecular flexibility index (Phi) is 3.68. The van der Waals surface area contributed by atoms with E-state index in [1.54, 1.807) is 13.8 Å². The molecule has 0 atom stereocenters. The highest BCUT2D eigenvalue weighted by Crippen LogP contribution is 2.21. The van der Waals surface area contributed by atoms with Crippen LogP contribution in [0.3, 0.4) is 0 Å². The zero-order chi connectivity index (χ0) is 13.0. The molecule has 2 nitrogen and oxygen atoms in total. The topological polar surface area (TPSA) is 32.3 Å². The Morgan fingerprint density at radius 3 is 2.00 bits per heavy atom. The molecule has 0 amide bonds. The lowest BCUT2D eigenvalue weighted by Crippen LogP contribution is -2.29. The van der Waals surface area contributed by atoms with E-state index in [2.05, 4.69) is 29.6 Å². The van der Waals surface area contributed by atoms with Crippen LogP contribution in [0.1, 0.15) is 13.8 Å². The Bertz CT molecular complexity index is 483. The van der Waals surface area contributed by atoms with E-state index in [4.69, 9.17) is 0 Å². The highest BCUT2D eigenvalue weighted by Gasteiger charge is 2.11. The molecule has 0 aliphatic carbocycles. The van der Waals surface area contributed by atoms with Gasteiger partial charge in [0.2, 0.25) is 0 Å². The largest absolute Gasteiger partial charge is 0.389 e. The summed E-state index contributed by atoms with van der Waals surface area (Å²) in [5.41, 5.74) is 2.74. The molecule has 2 heteroatoms. The second-order valence-corrected chi connectivity index (χ2v) is 5.11. The van der Waals surface area contributed by atoms with E-state index in [1.165, 1.54) is 11.1 Å². The van der Waals surface area contributed by atoms with Gasteiger partial charge in [0.05, 0.1) is 5.60 Å². The summed E-state index contributed by atoms with van der Waals surface area (Å²) in [6.45, 7) is 4.12. The number of anilines is 1. The van der Waals surface area contributed by atoms with E-state index in [-0.39, 0.29) is 0 Å². The summed E-state index contributed by atoms with van der Waals surface area (Å²) in [6.07, 6.45) is 0. The summed E-state index contributed by atoms with van der Waals surface area (Å²) in [5.74, 6) is 0. The minimum absolute atomic E-state index is 0.539. The van der Waals surface area contributed by atoms with Gasteiger partial charge >= 0.3 is 0 Å². The van der Waals surface area contributed by atoms with Gasteiger partial charge in [0.15, 0.2) is 0 Å². The fourth-order valence-corrected chi connectivity index (χ4v) is 1.73. The molecule has 0 unspecified atom stereocenters. The van der Waals surface area contributed by atoms with Crippen LogP contribution >= 0.6 is 0 Å². The number of nitrogens with one attached hydrogen (secondary N) is 1. The first kappa shape index (κ1) is 12.7. The summed E-state index contributed by atoms with van der Waals surface area (Å²) >= 11 is 0. The van der Waals surface area contributed by atoms with Crippen molar-refractivity contribution in [2.45, 2.75) is 19.4 Å². The molecule has 0 spiro atoms. The second kappa shape index (κ2) is 5.23. The molecule has 0 heterocycles. The van der Waals surface area contributed by atoms with E-state index >= 15 is 0 Å². The monoisotopic (exact) mass is 241 g/mol. The summed E-state index contributed by atoms with van der Waals surface area (Å²) < 4.78 is 0. The number of hydrogen-bond acceptors (Lipinski definition) is 2. The Morgan fingerprint density at radius 1 is 0.889 bits per heavy atom. The van der Waals surface area contributed by atoms with E-state index in [0.717, 1.165) is 5.69 Å². The molecular weight excluding hydrogens is 222 g/mol. The van der Waals surface area contributed by atoms with Crippen LogP contribution in [0.2, 0.25) is 0 Å². The van der Waals surface area contributed by atoms with Gasteiger partial charge in [-0.05, 0) is 37.1 Å². The summed E-state index contributed by atoms with van der Waals surface area (Å²) in [7, 11) is 0. The number of aliphatic hydroxyl groups is 1. The normalized spacial score (nSPS) is 11.3. The second-order valence-electron chi connectivity index (χ2n) is 5.11. The van der Waals surface area contributed by atoms with Crippen LogP contribution in [0.5, 0.6) is 0 Å². The quantitative estimate of drug-likeness (QED) is 0.858. The van der Waals surface area contributed by atoms with E-state index in [1.807, 2.05) is 30.3 Å². The SMILES string of the molecule is CC(C)(O)CNc1ccc(-c2ccccc2)cc1. The third-order valence-corrected chi connectivity index (χ3v) is 2.72. The lowest BCUT2D eigenvalue weighted by atomic mass is 10.1. The Labute approximate surface area is 108 Å². The van der Waals surface area contributed by atoms with Crippen molar-refractivity contribution >= 4 is 5.69 Å². The maximum Gasteiger partial charge on any atom is 0.0763 e. The number of benzene rings is 2. The molecular formula is C16H19NO. The molecule has 0 aliphatic rings. The van der Waals surface area contributed by atoms with Crippen LogP contribution < -0.4 is 5.32 Å². The molecule has 0 saturated heterocycles. The van der Waals surface area contributed by atoms with Gasteiger partial charge in [-0.15, -0.1) is 0 Å². The number of rotatable bonds is 4. The molecule has 94 valence electrons. The van der Waals surface area contributed by atoms with Crippen molar-refractivity contribution in [2.75, 3.05) is 11.9 Å². The Balaban J connectivity index is 2.07. The Hall–Kier alpha value is -1.80. The van der Waals surface area contributed by atoms with E-state index in [0.29, 0.717) is 6.54 Å². The summed E-state index contributed by atoms with van der Waals surface area (Å²) in [6, 6.07) is 18.5.